The summed E-state index contributed by atoms with van der Waals surface area (Å²) in [6, 6.07) is 10.3. The van der Waals surface area contributed by atoms with Gasteiger partial charge in [-0.2, -0.15) is 0 Å². The average molecular weight is 245 g/mol. The van der Waals surface area contributed by atoms with E-state index in [9.17, 15) is 0 Å². The molecule has 1 heterocycles. The van der Waals surface area contributed by atoms with Gasteiger partial charge in [0.1, 0.15) is 11.5 Å². The third-order valence-electron chi connectivity index (χ3n) is 3.01. The lowest BCUT2D eigenvalue weighted by Gasteiger charge is -2.04. The van der Waals surface area contributed by atoms with Gasteiger partial charge in [0.05, 0.1) is 0 Å². The number of hydrogen-bond donors (Lipinski definition) is 1. The summed E-state index contributed by atoms with van der Waals surface area (Å²) >= 11 is 0. The molecule has 0 aliphatic rings. The smallest absolute Gasteiger partial charge is 0.137 e. The van der Waals surface area contributed by atoms with Crippen LogP contribution in [0.5, 0.6) is 0 Å². The molecule has 0 amide bonds. The van der Waals surface area contributed by atoms with Gasteiger partial charge in [-0.3, -0.25) is 0 Å². The highest BCUT2D eigenvalue weighted by molar-refractivity contribution is 5.59. The van der Waals surface area contributed by atoms with Crippen LogP contribution in [0.4, 0.5) is 0 Å². The maximum absolute atomic E-state index is 8.77. The molecule has 1 aromatic heterocycles. The summed E-state index contributed by atoms with van der Waals surface area (Å²) in [4.78, 5) is 0. The Kier molecular flexibility index (Phi) is 4.15. The van der Waals surface area contributed by atoms with Gasteiger partial charge in [-0.1, -0.05) is 43.3 Å². The van der Waals surface area contributed by atoms with Crippen LogP contribution < -0.4 is 0 Å². The maximum Gasteiger partial charge on any atom is 0.137 e. The summed E-state index contributed by atoms with van der Waals surface area (Å²) in [5, 5.41) is 12.8. The SMILES string of the molecule is CC(C)c1ccc(-c2cc(CCCO)on2)cc1. The van der Waals surface area contributed by atoms with Gasteiger partial charge in [-0.05, 0) is 17.9 Å². The zero-order chi connectivity index (χ0) is 13.0. The number of hydrogen-bond acceptors (Lipinski definition) is 3. The van der Waals surface area contributed by atoms with E-state index in [1.54, 1.807) is 0 Å². The van der Waals surface area contributed by atoms with Crippen molar-refractivity contribution < 1.29 is 9.63 Å². The molecule has 2 aromatic rings. The van der Waals surface area contributed by atoms with Crippen molar-refractivity contribution in [2.45, 2.75) is 32.6 Å². The lowest BCUT2D eigenvalue weighted by Crippen LogP contribution is -1.87. The quantitative estimate of drug-likeness (QED) is 0.878. The Morgan fingerprint density at radius 3 is 2.56 bits per heavy atom. The number of nitrogens with zero attached hydrogens (tertiary/aromatic N) is 1. The summed E-state index contributed by atoms with van der Waals surface area (Å²) in [7, 11) is 0. The number of aliphatic hydroxyl groups excluding tert-OH is 1. The zero-order valence-corrected chi connectivity index (χ0v) is 10.9. The van der Waals surface area contributed by atoms with Gasteiger partial charge in [-0.15, -0.1) is 0 Å². The summed E-state index contributed by atoms with van der Waals surface area (Å²) in [5.74, 6) is 1.36. The van der Waals surface area contributed by atoms with Crippen molar-refractivity contribution >= 4 is 0 Å². The molecule has 0 saturated carbocycles. The standard InChI is InChI=1S/C15H19NO2/c1-11(2)12-5-7-13(8-6-12)15-10-14(18-16-15)4-3-9-17/h5-8,10-11,17H,3-4,9H2,1-2H3. The van der Waals surface area contributed by atoms with E-state index in [0.29, 0.717) is 12.3 Å². The first-order valence-corrected chi connectivity index (χ1v) is 6.37. The first-order valence-electron chi connectivity index (χ1n) is 6.37. The molecular weight excluding hydrogens is 226 g/mol. The van der Waals surface area contributed by atoms with Crippen LogP contribution in [0.2, 0.25) is 0 Å². The predicted molar refractivity (Wildman–Crippen MR) is 71.4 cm³/mol. The second-order valence-corrected chi connectivity index (χ2v) is 4.78. The van der Waals surface area contributed by atoms with Crippen LogP contribution in [0, 0.1) is 0 Å². The van der Waals surface area contributed by atoms with Crippen LogP contribution in [0.1, 0.15) is 37.5 Å². The summed E-state index contributed by atoms with van der Waals surface area (Å²) in [5.41, 5.74) is 3.25. The number of aliphatic hydroxyl groups is 1. The number of aromatic nitrogens is 1. The highest BCUT2D eigenvalue weighted by Crippen LogP contribution is 2.22. The van der Waals surface area contributed by atoms with E-state index < -0.39 is 0 Å². The first-order chi connectivity index (χ1) is 8.70. The molecule has 0 bridgehead atoms. The van der Waals surface area contributed by atoms with E-state index in [0.717, 1.165) is 23.4 Å². The fourth-order valence-electron chi connectivity index (χ4n) is 1.86. The zero-order valence-electron chi connectivity index (χ0n) is 10.9. The molecule has 1 aromatic carbocycles. The summed E-state index contributed by atoms with van der Waals surface area (Å²) < 4.78 is 5.24. The Hall–Kier alpha value is -1.61. The van der Waals surface area contributed by atoms with Crippen LogP contribution in [-0.2, 0) is 6.42 Å². The van der Waals surface area contributed by atoms with Crippen molar-refractivity contribution in [1.82, 2.24) is 5.16 Å². The first kappa shape index (κ1) is 12.8. The molecule has 0 fully saturated rings. The molecule has 0 aliphatic carbocycles. The monoisotopic (exact) mass is 245 g/mol. The Bertz CT molecular complexity index is 485. The lowest BCUT2D eigenvalue weighted by molar-refractivity contribution is 0.280. The molecule has 3 heteroatoms. The van der Waals surface area contributed by atoms with E-state index in [4.69, 9.17) is 9.63 Å². The summed E-state index contributed by atoms with van der Waals surface area (Å²) in [6.45, 7) is 4.54. The van der Waals surface area contributed by atoms with Gasteiger partial charge in [0.2, 0.25) is 0 Å². The highest BCUT2D eigenvalue weighted by atomic mass is 16.5. The Balaban J connectivity index is 2.13. The predicted octanol–water partition coefficient (Wildman–Crippen LogP) is 3.39. The van der Waals surface area contributed by atoms with Crippen molar-refractivity contribution in [3.8, 4) is 11.3 Å². The molecule has 0 atom stereocenters. The van der Waals surface area contributed by atoms with Crippen LogP contribution >= 0.6 is 0 Å². The molecule has 18 heavy (non-hydrogen) atoms. The molecule has 3 nitrogen and oxygen atoms in total. The molecule has 0 radical (unpaired) electrons. The number of benzene rings is 1. The van der Waals surface area contributed by atoms with Crippen molar-refractivity contribution in [3.63, 3.8) is 0 Å². The van der Waals surface area contributed by atoms with Gasteiger partial charge in [0.15, 0.2) is 0 Å². The molecule has 0 saturated heterocycles. The normalized spacial score (nSPS) is 11.1. The van der Waals surface area contributed by atoms with Gasteiger partial charge < -0.3 is 9.63 Å². The van der Waals surface area contributed by atoms with Gasteiger partial charge in [-0.25, -0.2) is 0 Å². The Morgan fingerprint density at radius 2 is 1.94 bits per heavy atom. The van der Waals surface area contributed by atoms with E-state index >= 15 is 0 Å². The minimum Gasteiger partial charge on any atom is -0.396 e. The van der Waals surface area contributed by atoms with E-state index in [1.807, 2.05) is 6.07 Å². The van der Waals surface area contributed by atoms with E-state index in [-0.39, 0.29) is 6.61 Å². The second kappa shape index (κ2) is 5.83. The Labute approximate surface area is 107 Å². The van der Waals surface area contributed by atoms with Crippen LogP contribution in [0.25, 0.3) is 11.3 Å². The maximum atomic E-state index is 8.77. The van der Waals surface area contributed by atoms with Crippen molar-refractivity contribution in [1.29, 1.82) is 0 Å². The van der Waals surface area contributed by atoms with Crippen LogP contribution in [0.3, 0.4) is 0 Å². The Morgan fingerprint density at radius 1 is 1.22 bits per heavy atom. The third kappa shape index (κ3) is 2.99. The minimum absolute atomic E-state index is 0.180. The lowest BCUT2D eigenvalue weighted by atomic mass is 10.0. The topological polar surface area (TPSA) is 46.3 Å². The van der Waals surface area contributed by atoms with Gasteiger partial charge in [0, 0.05) is 24.7 Å². The van der Waals surface area contributed by atoms with E-state index in [1.165, 1.54) is 5.56 Å². The molecule has 0 spiro atoms. The molecule has 0 unspecified atom stereocenters. The van der Waals surface area contributed by atoms with Gasteiger partial charge >= 0.3 is 0 Å². The molecule has 2 rings (SSSR count). The second-order valence-electron chi connectivity index (χ2n) is 4.78. The number of aryl methyl sites for hydroxylation is 1. The molecule has 96 valence electrons. The fraction of sp³-hybridized carbons (Fsp3) is 0.400. The van der Waals surface area contributed by atoms with Crippen molar-refractivity contribution in [2.75, 3.05) is 6.61 Å². The summed E-state index contributed by atoms with van der Waals surface area (Å²) in [6.07, 6.45) is 1.44. The van der Waals surface area contributed by atoms with Crippen LogP contribution in [0.15, 0.2) is 34.9 Å². The van der Waals surface area contributed by atoms with E-state index in [2.05, 4.69) is 43.3 Å². The fourth-order valence-corrected chi connectivity index (χ4v) is 1.86. The number of rotatable bonds is 5. The molecular formula is C15H19NO2. The van der Waals surface area contributed by atoms with Gasteiger partial charge in [0.25, 0.3) is 0 Å². The minimum atomic E-state index is 0.180. The highest BCUT2D eigenvalue weighted by Gasteiger charge is 2.07. The van der Waals surface area contributed by atoms with Crippen molar-refractivity contribution in [2.24, 2.45) is 0 Å². The third-order valence-corrected chi connectivity index (χ3v) is 3.01. The average Bonchev–Trinajstić information content (AvgIpc) is 2.85. The van der Waals surface area contributed by atoms with Crippen molar-refractivity contribution in [3.05, 3.63) is 41.7 Å². The van der Waals surface area contributed by atoms with Crippen LogP contribution in [-0.4, -0.2) is 16.9 Å². The molecule has 1 N–H and O–H groups in total. The molecule has 0 aliphatic heterocycles. The largest absolute Gasteiger partial charge is 0.396 e.